The van der Waals surface area contributed by atoms with Gasteiger partial charge in [0.2, 0.25) is 5.91 Å². The maximum atomic E-state index is 11.9. The third-order valence-corrected chi connectivity index (χ3v) is 3.21. The summed E-state index contributed by atoms with van der Waals surface area (Å²) in [6.07, 6.45) is 0. The molecule has 0 bridgehead atoms. The van der Waals surface area contributed by atoms with Crippen molar-refractivity contribution in [3.05, 3.63) is 48.5 Å². The monoisotopic (exact) mass is 299 g/mol. The van der Waals surface area contributed by atoms with Crippen molar-refractivity contribution in [2.75, 3.05) is 43.3 Å². The first-order chi connectivity index (χ1) is 10.6. The molecule has 2 aromatic carbocycles. The molecular weight excluding hydrogens is 278 g/mol. The molecule has 0 aliphatic rings. The number of methoxy groups -OCH3 is 1. The van der Waals surface area contributed by atoms with Crippen LogP contribution in [0.4, 0.5) is 17.1 Å². The quantitative estimate of drug-likeness (QED) is 0.861. The Hall–Kier alpha value is -2.69. The molecule has 1 amide bonds. The van der Waals surface area contributed by atoms with Crippen molar-refractivity contribution in [2.24, 2.45) is 0 Å². The molecule has 2 rings (SSSR count). The molecule has 0 aliphatic carbocycles. The van der Waals surface area contributed by atoms with Gasteiger partial charge in [-0.1, -0.05) is 0 Å². The lowest BCUT2D eigenvalue weighted by Gasteiger charge is -2.13. The van der Waals surface area contributed by atoms with Gasteiger partial charge in [-0.2, -0.15) is 0 Å². The molecule has 0 saturated heterocycles. The van der Waals surface area contributed by atoms with E-state index in [1.54, 1.807) is 7.11 Å². The average molecular weight is 299 g/mol. The predicted molar refractivity (Wildman–Crippen MR) is 90.9 cm³/mol. The molecule has 0 fully saturated rings. The summed E-state index contributed by atoms with van der Waals surface area (Å²) in [5.41, 5.74) is 2.78. The van der Waals surface area contributed by atoms with E-state index in [2.05, 4.69) is 10.6 Å². The lowest BCUT2D eigenvalue weighted by molar-refractivity contribution is -0.114. The average Bonchev–Trinajstić information content (AvgIpc) is 2.54. The molecule has 5 heteroatoms. The maximum absolute atomic E-state index is 11.9. The summed E-state index contributed by atoms with van der Waals surface area (Å²) < 4.78 is 5.08. The van der Waals surface area contributed by atoms with Crippen molar-refractivity contribution in [3.8, 4) is 5.75 Å². The van der Waals surface area contributed by atoms with Gasteiger partial charge in [-0.05, 0) is 48.5 Å². The second-order valence-electron chi connectivity index (χ2n) is 5.07. The zero-order chi connectivity index (χ0) is 15.9. The zero-order valence-corrected chi connectivity index (χ0v) is 13.1. The number of carbonyl (C=O) groups excluding carboxylic acids is 1. The fraction of sp³-hybridized carbons (Fsp3) is 0.235. The van der Waals surface area contributed by atoms with Crippen molar-refractivity contribution in [3.63, 3.8) is 0 Å². The number of nitrogens with one attached hydrogen (secondary N) is 2. The van der Waals surface area contributed by atoms with Crippen LogP contribution >= 0.6 is 0 Å². The first-order valence-corrected chi connectivity index (χ1v) is 7.03. The van der Waals surface area contributed by atoms with Gasteiger partial charge in [-0.25, -0.2) is 0 Å². The molecule has 116 valence electrons. The molecule has 0 saturated carbocycles. The Labute approximate surface area is 130 Å². The van der Waals surface area contributed by atoms with Crippen molar-refractivity contribution in [2.45, 2.75) is 0 Å². The van der Waals surface area contributed by atoms with E-state index < -0.39 is 0 Å². The lowest BCUT2D eigenvalue weighted by atomic mass is 10.2. The highest BCUT2D eigenvalue weighted by Gasteiger charge is 2.03. The smallest absolute Gasteiger partial charge is 0.243 e. The Balaban J connectivity index is 1.84. The van der Waals surface area contributed by atoms with Gasteiger partial charge in [-0.3, -0.25) is 4.79 Å². The zero-order valence-electron chi connectivity index (χ0n) is 13.1. The van der Waals surface area contributed by atoms with E-state index in [1.165, 1.54) is 0 Å². The van der Waals surface area contributed by atoms with Crippen LogP contribution in [-0.4, -0.2) is 33.7 Å². The SMILES string of the molecule is COc1ccc(NC(=O)CNc2ccc(N(C)C)cc2)cc1. The Bertz CT molecular complexity index is 607. The number of benzene rings is 2. The van der Waals surface area contributed by atoms with E-state index in [0.29, 0.717) is 0 Å². The lowest BCUT2D eigenvalue weighted by Crippen LogP contribution is -2.21. The number of carbonyl (C=O) groups is 1. The van der Waals surface area contributed by atoms with Gasteiger partial charge in [0.1, 0.15) is 5.75 Å². The molecular formula is C17H21N3O2. The number of ether oxygens (including phenoxy) is 1. The van der Waals surface area contributed by atoms with Crippen LogP contribution in [0.15, 0.2) is 48.5 Å². The van der Waals surface area contributed by atoms with Crippen molar-refractivity contribution in [1.29, 1.82) is 0 Å². The van der Waals surface area contributed by atoms with Crippen molar-refractivity contribution >= 4 is 23.0 Å². The molecule has 0 aliphatic heterocycles. The van der Waals surface area contributed by atoms with Crippen LogP contribution in [0, 0.1) is 0 Å². The van der Waals surface area contributed by atoms with Gasteiger partial charge in [0, 0.05) is 31.2 Å². The van der Waals surface area contributed by atoms with Crippen LogP contribution in [0.1, 0.15) is 0 Å². The summed E-state index contributed by atoms with van der Waals surface area (Å²) in [6.45, 7) is 0.216. The Morgan fingerprint density at radius 3 is 2.14 bits per heavy atom. The normalized spacial score (nSPS) is 9.95. The highest BCUT2D eigenvalue weighted by atomic mass is 16.5. The summed E-state index contributed by atoms with van der Waals surface area (Å²) in [7, 11) is 5.59. The van der Waals surface area contributed by atoms with Crippen molar-refractivity contribution < 1.29 is 9.53 Å². The van der Waals surface area contributed by atoms with Crippen LogP contribution in [0.3, 0.4) is 0 Å². The first-order valence-electron chi connectivity index (χ1n) is 7.03. The summed E-state index contributed by atoms with van der Waals surface area (Å²) in [6, 6.07) is 15.1. The molecule has 0 radical (unpaired) electrons. The summed E-state index contributed by atoms with van der Waals surface area (Å²) in [5, 5.41) is 5.93. The molecule has 2 N–H and O–H groups in total. The van der Waals surface area contributed by atoms with Crippen LogP contribution < -0.4 is 20.3 Å². The molecule has 0 unspecified atom stereocenters. The minimum atomic E-state index is -0.0955. The summed E-state index contributed by atoms with van der Waals surface area (Å²) in [4.78, 5) is 13.9. The molecule has 0 aromatic heterocycles. The highest BCUT2D eigenvalue weighted by molar-refractivity contribution is 5.93. The molecule has 22 heavy (non-hydrogen) atoms. The fourth-order valence-electron chi connectivity index (χ4n) is 1.94. The fourth-order valence-corrected chi connectivity index (χ4v) is 1.94. The van der Waals surface area contributed by atoms with Gasteiger partial charge in [-0.15, -0.1) is 0 Å². The Kier molecular flexibility index (Phi) is 5.25. The van der Waals surface area contributed by atoms with Crippen LogP contribution in [0.2, 0.25) is 0 Å². The number of anilines is 3. The molecule has 0 atom stereocenters. The second kappa shape index (κ2) is 7.36. The van der Waals surface area contributed by atoms with Crippen LogP contribution in [0.5, 0.6) is 5.75 Å². The summed E-state index contributed by atoms with van der Waals surface area (Å²) in [5.74, 6) is 0.666. The molecule has 2 aromatic rings. The molecule has 0 heterocycles. The summed E-state index contributed by atoms with van der Waals surface area (Å²) >= 11 is 0. The number of hydrogen-bond acceptors (Lipinski definition) is 4. The highest BCUT2D eigenvalue weighted by Crippen LogP contribution is 2.16. The van der Waals surface area contributed by atoms with E-state index in [1.807, 2.05) is 67.5 Å². The van der Waals surface area contributed by atoms with Crippen LogP contribution in [0.25, 0.3) is 0 Å². The van der Waals surface area contributed by atoms with E-state index in [9.17, 15) is 4.79 Å². The van der Waals surface area contributed by atoms with E-state index in [0.717, 1.165) is 22.8 Å². The standard InChI is InChI=1S/C17H21N3O2/c1-20(2)15-8-4-13(5-9-15)18-12-17(21)19-14-6-10-16(22-3)11-7-14/h4-11,18H,12H2,1-3H3,(H,19,21). The van der Waals surface area contributed by atoms with Gasteiger partial charge in [0.15, 0.2) is 0 Å². The van der Waals surface area contributed by atoms with Gasteiger partial charge in [0.25, 0.3) is 0 Å². The van der Waals surface area contributed by atoms with Gasteiger partial charge in [0.05, 0.1) is 13.7 Å². The van der Waals surface area contributed by atoms with Gasteiger partial charge >= 0.3 is 0 Å². The van der Waals surface area contributed by atoms with E-state index in [4.69, 9.17) is 4.74 Å². The number of amides is 1. The predicted octanol–water partition coefficient (Wildman–Crippen LogP) is 2.81. The third kappa shape index (κ3) is 4.41. The molecule has 5 nitrogen and oxygen atoms in total. The minimum Gasteiger partial charge on any atom is -0.497 e. The second-order valence-corrected chi connectivity index (χ2v) is 5.07. The third-order valence-electron chi connectivity index (χ3n) is 3.21. The topological polar surface area (TPSA) is 53.6 Å². The van der Waals surface area contributed by atoms with E-state index in [-0.39, 0.29) is 12.5 Å². The Morgan fingerprint density at radius 2 is 1.59 bits per heavy atom. The molecule has 0 spiro atoms. The first kappa shape index (κ1) is 15.7. The number of rotatable bonds is 6. The van der Waals surface area contributed by atoms with E-state index >= 15 is 0 Å². The largest absolute Gasteiger partial charge is 0.497 e. The Morgan fingerprint density at radius 1 is 1.00 bits per heavy atom. The minimum absolute atomic E-state index is 0.0955. The number of hydrogen-bond donors (Lipinski definition) is 2. The van der Waals surface area contributed by atoms with Gasteiger partial charge < -0.3 is 20.3 Å². The van der Waals surface area contributed by atoms with Crippen molar-refractivity contribution in [1.82, 2.24) is 0 Å². The maximum Gasteiger partial charge on any atom is 0.243 e. The van der Waals surface area contributed by atoms with Crippen LogP contribution in [-0.2, 0) is 4.79 Å². The number of nitrogens with zero attached hydrogens (tertiary/aromatic N) is 1.